The first kappa shape index (κ1) is 14.1. The lowest BCUT2D eigenvalue weighted by molar-refractivity contribution is 0.0568. The van der Waals surface area contributed by atoms with Gasteiger partial charge in [-0.05, 0) is 38.7 Å². The van der Waals surface area contributed by atoms with Crippen molar-refractivity contribution in [1.82, 2.24) is 10.2 Å². The van der Waals surface area contributed by atoms with Crippen LogP contribution in [0.25, 0.3) is 0 Å². The van der Waals surface area contributed by atoms with Gasteiger partial charge in [-0.2, -0.15) is 0 Å². The Morgan fingerprint density at radius 3 is 2.65 bits per heavy atom. The molecule has 3 rings (SSSR count). The first-order valence-corrected chi connectivity index (χ1v) is 8.23. The van der Waals surface area contributed by atoms with E-state index in [1.165, 1.54) is 44.2 Å². The van der Waals surface area contributed by atoms with E-state index >= 15 is 0 Å². The summed E-state index contributed by atoms with van der Waals surface area (Å²) in [6.45, 7) is 7.16. The summed E-state index contributed by atoms with van der Waals surface area (Å²) in [5.74, 6) is 0. The molecule has 20 heavy (non-hydrogen) atoms. The van der Waals surface area contributed by atoms with E-state index in [1.807, 2.05) is 0 Å². The van der Waals surface area contributed by atoms with Crippen molar-refractivity contribution in [3.63, 3.8) is 0 Å². The van der Waals surface area contributed by atoms with Crippen LogP contribution in [0.1, 0.15) is 45.1 Å². The molecule has 2 unspecified atom stereocenters. The van der Waals surface area contributed by atoms with E-state index in [0.29, 0.717) is 17.6 Å². The second-order valence-corrected chi connectivity index (χ2v) is 6.93. The Balaban J connectivity index is 1.67. The molecule has 1 saturated heterocycles. The van der Waals surface area contributed by atoms with Gasteiger partial charge in [0.2, 0.25) is 0 Å². The van der Waals surface area contributed by atoms with Crippen molar-refractivity contribution in [2.24, 2.45) is 0 Å². The average molecular weight is 272 g/mol. The Labute approximate surface area is 123 Å². The number of hydrogen-bond donors (Lipinski definition) is 1. The van der Waals surface area contributed by atoms with Crippen LogP contribution in [0.5, 0.6) is 0 Å². The third kappa shape index (κ3) is 2.91. The molecule has 2 heteroatoms. The number of rotatable bonds is 3. The summed E-state index contributed by atoms with van der Waals surface area (Å²) in [6.07, 6.45) is 6.72. The molecule has 1 heterocycles. The predicted molar refractivity (Wildman–Crippen MR) is 85.0 cm³/mol. The maximum atomic E-state index is 3.85. The van der Waals surface area contributed by atoms with E-state index in [0.717, 1.165) is 6.54 Å². The minimum Gasteiger partial charge on any atom is -0.308 e. The Morgan fingerprint density at radius 2 is 1.95 bits per heavy atom. The van der Waals surface area contributed by atoms with Crippen molar-refractivity contribution in [3.05, 3.63) is 35.9 Å². The maximum absolute atomic E-state index is 3.85. The molecule has 1 aromatic rings. The average Bonchev–Trinajstić information content (AvgIpc) is 2.91. The summed E-state index contributed by atoms with van der Waals surface area (Å²) >= 11 is 0. The molecular weight excluding hydrogens is 244 g/mol. The molecule has 1 aliphatic carbocycles. The highest BCUT2D eigenvalue weighted by atomic mass is 15.3. The van der Waals surface area contributed by atoms with Gasteiger partial charge in [-0.15, -0.1) is 0 Å². The molecule has 0 bridgehead atoms. The van der Waals surface area contributed by atoms with E-state index in [1.54, 1.807) is 0 Å². The molecular formula is C18H28N2. The largest absolute Gasteiger partial charge is 0.308 e. The number of nitrogens with zero attached hydrogens (tertiary/aromatic N) is 1. The maximum Gasteiger partial charge on any atom is 0.0309 e. The van der Waals surface area contributed by atoms with Crippen molar-refractivity contribution >= 4 is 0 Å². The van der Waals surface area contributed by atoms with Gasteiger partial charge in [0.15, 0.2) is 0 Å². The highest BCUT2D eigenvalue weighted by Gasteiger charge is 2.41. The molecule has 1 aliphatic heterocycles. The lowest BCUT2D eigenvalue weighted by Crippen LogP contribution is -2.64. The van der Waals surface area contributed by atoms with Crippen LogP contribution < -0.4 is 5.32 Å². The first-order chi connectivity index (χ1) is 9.69. The van der Waals surface area contributed by atoms with Gasteiger partial charge in [0.05, 0.1) is 0 Å². The van der Waals surface area contributed by atoms with Crippen LogP contribution in [0.3, 0.4) is 0 Å². The Hall–Kier alpha value is -0.860. The van der Waals surface area contributed by atoms with E-state index in [9.17, 15) is 0 Å². The summed E-state index contributed by atoms with van der Waals surface area (Å²) in [7, 11) is 0. The molecule has 2 fully saturated rings. The van der Waals surface area contributed by atoms with Crippen molar-refractivity contribution in [2.75, 3.05) is 13.1 Å². The van der Waals surface area contributed by atoms with Gasteiger partial charge in [0.1, 0.15) is 0 Å². The lowest BCUT2D eigenvalue weighted by Gasteiger charge is -2.48. The number of nitrogens with one attached hydrogen (secondary N) is 1. The molecule has 0 amide bonds. The highest BCUT2D eigenvalue weighted by molar-refractivity contribution is 5.16. The summed E-state index contributed by atoms with van der Waals surface area (Å²) in [6, 6.07) is 12.2. The molecule has 0 aromatic heterocycles. The number of benzene rings is 1. The van der Waals surface area contributed by atoms with E-state index in [4.69, 9.17) is 0 Å². The van der Waals surface area contributed by atoms with Crippen LogP contribution in [0.15, 0.2) is 30.3 Å². The van der Waals surface area contributed by atoms with Crippen LogP contribution in [0.2, 0.25) is 0 Å². The zero-order valence-corrected chi connectivity index (χ0v) is 12.9. The van der Waals surface area contributed by atoms with E-state index < -0.39 is 0 Å². The third-order valence-corrected chi connectivity index (χ3v) is 5.32. The molecule has 110 valence electrons. The third-order valence-electron chi connectivity index (χ3n) is 5.32. The van der Waals surface area contributed by atoms with Crippen LogP contribution in [0, 0.1) is 0 Å². The van der Waals surface area contributed by atoms with Crippen molar-refractivity contribution in [2.45, 2.75) is 63.6 Å². The van der Waals surface area contributed by atoms with Crippen LogP contribution >= 0.6 is 0 Å². The quantitative estimate of drug-likeness (QED) is 0.909. The van der Waals surface area contributed by atoms with Crippen molar-refractivity contribution in [1.29, 1.82) is 0 Å². The summed E-state index contributed by atoms with van der Waals surface area (Å²) in [4.78, 5) is 2.74. The standard InChI is InChI=1S/C18H28N2/c1-15(12-17-8-4-3-5-9-17)20-14-18(10-6-7-11-18)19-13-16(20)2/h3-5,8-9,15-16,19H,6-7,10-14H2,1-2H3. The first-order valence-electron chi connectivity index (χ1n) is 8.23. The SMILES string of the molecule is CC1CNC2(CCCC2)CN1C(C)Cc1ccccc1. The van der Waals surface area contributed by atoms with Gasteiger partial charge in [-0.1, -0.05) is 43.2 Å². The molecule has 1 spiro atoms. The fraction of sp³-hybridized carbons (Fsp3) is 0.667. The van der Waals surface area contributed by atoms with Gasteiger partial charge in [0.25, 0.3) is 0 Å². The van der Waals surface area contributed by atoms with Gasteiger partial charge in [-0.3, -0.25) is 4.90 Å². The molecule has 1 aromatic carbocycles. The van der Waals surface area contributed by atoms with Crippen molar-refractivity contribution in [3.8, 4) is 0 Å². The molecule has 2 aliphatic rings. The normalized spacial score (nSPS) is 27.8. The predicted octanol–water partition coefficient (Wildman–Crippen LogP) is 3.22. The summed E-state index contributed by atoms with van der Waals surface area (Å²) in [5.41, 5.74) is 1.89. The molecule has 1 saturated carbocycles. The van der Waals surface area contributed by atoms with Gasteiger partial charge >= 0.3 is 0 Å². The molecule has 1 N–H and O–H groups in total. The second kappa shape index (κ2) is 5.87. The minimum absolute atomic E-state index is 0.428. The molecule has 0 radical (unpaired) electrons. The highest BCUT2D eigenvalue weighted by Crippen LogP contribution is 2.34. The van der Waals surface area contributed by atoms with Crippen LogP contribution in [-0.2, 0) is 6.42 Å². The topological polar surface area (TPSA) is 15.3 Å². The molecule has 2 atom stereocenters. The Bertz CT molecular complexity index is 422. The Morgan fingerprint density at radius 1 is 1.25 bits per heavy atom. The smallest absolute Gasteiger partial charge is 0.0309 e. The minimum atomic E-state index is 0.428. The zero-order chi connectivity index (χ0) is 14.0. The fourth-order valence-electron chi connectivity index (χ4n) is 4.09. The van der Waals surface area contributed by atoms with Crippen LogP contribution in [0.4, 0.5) is 0 Å². The van der Waals surface area contributed by atoms with E-state index in [-0.39, 0.29) is 0 Å². The monoisotopic (exact) mass is 272 g/mol. The summed E-state index contributed by atoms with van der Waals surface area (Å²) < 4.78 is 0. The lowest BCUT2D eigenvalue weighted by atomic mass is 9.90. The van der Waals surface area contributed by atoms with Gasteiger partial charge in [0, 0.05) is 30.7 Å². The number of hydrogen-bond acceptors (Lipinski definition) is 2. The van der Waals surface area contributed by atoms with Gasteiger partial charge in [-0.25, -0.2) is 0 Å². The zero-order valence-electron chi connectivity index (χ0n) is 12.9. The fourth-order valence-corrected chi connectivity index (χ4v) is 4.09. The number of piperazine rings is 1. The summed E-state index contributed by atoms with van der Waals surface area (Å²) in [5, 5.41) is 3.85. The Kier molecular flexibility index (Phi) is 4.13. The van der Waals surface area contributed by atoms with Gasteiger partial charge < -0.3 is 5.32 Å². The second-order valence-electron chi connectivity index (χ2n) is 6.93. The molecule has 2 nitrogen and oxygen atoms in total. The van der Waals surface area contributed by atoms with Crippen LogP contribution in [-0.4, -0.2) is 35.6 Å². The van der Waals surface area contributed by atoms with E-state index in [2.05, 4.69) is 54.4 Å². The van der Waals surface area contributed by atoms with Crippen molar-refractivity contribution < 1.29 is 0 Å².